The average Bonchev–Trinajstić information content (AvgIpc) is 2.33. The van der Waals surface area contributed by atoms with Gasteiger partial charge in [0.15, 0.2) is 0 Å². The number of amides is 1. The van der Waals surface area contributed by atoms with Crippen molar-refractivity contribution in [2.75, 3.05) is 13.6 Å². The van der Waals surface area contributed by atoms with Crippen molar-refractivity contribution in [3.05, 3.63) is 29.8 Å². The second kappa shape index (κ2) is 6.01. The molecule has 0 atom stereocenters. The van der Waals surface area contributed by atoms with E-state index < -0.39 is 39.0 Å². The van der Waals surface area contributed by atoms with Gasteiger partial charge in [0.25, 0.3) is 15.0 Å². The number of alkyl halides is 3. The summed E-state index contributed by atoms with van der Waals surface area (Å²) < 4.78 is 58.9. The number of halogens is 4. The summed E-state index contributed by atoms with van der Waals surface area (Å²) in [4.78, 5) is 12.3. The SMILES string of the molecule is CN(CCC(F)(F)F)C(=O)c1ccccc1S(=O)(=O)Cl. The Morgan fingerprint density at radius 1 is 1.30 bits per heavy atom. The molecule has 1 aromatic carbocycles. The minimum Gasteiger partial charge on any atom is -0.341 e. The highest BCUT2D eigenvalue weighted by Crippen LogP contribution is 2.23. The van der Waals surface area contributed by atoms with Gasteiger partial charge in [-0.25, -0.2) is 8.42 Å². The van der Waals surface area contributed by atoms with Crippen molar-refractivity contribution in [2.45, 2.75) is 17.5 Å². The van der Waals surface area contributed by atoms with Crippen molar-refractivity contribution in [1.29, 1.82) is 0 Å². The quantitative estimate of drug-likeness (QED) is 0.798. The second-order valence-electron chi connectivity index (χ2n) is 4.03. The van der Waals surface area contributed by atoms with Crippen LogP contribution in [0.4, 0.5) is 13.2 Å². The molecule has 0 unspecified atom stereocenters. The third-order valence-electron chi connectivity index (χ3n) is 2.46. The van der Waals surface area contributed by atoms with Crippen LogP contribution in [0.25, 0.3) is 0 Å². The van der Waals surface area contributed by atoms with Crippen molar-refractivity contribution < 1.29 is 26.4 Å². The van der Waals surface area contributed by atoms with Gasteiger partial charge >= 0.3 is 6.18 Å². The number of hydrogen-bond donors (Lipinski definition) is 0. The van der Waals surface area contributed by atoms with Gasteiger partial charge in [0.05, 0.1) is 16.9 Å². The van der Waals surface area contributed by atoms with Crippen LogP contribution in [0.5, 0.6) is 0 Å². The van der Waals surface area contributed by atoms with E-state index in [2.05, 4.69) is 0 Å². The Bertz CT molecular complexity index is 601. The van der Waals surface area contributed by atoms with Crippen LogP contribution in [0.2, 0.25) is 0 Å². The van der Waals surface area contributed by atoms with E-state index in [-0.39, 0.29) is 5.56 Å². The normalized spacial score (nSPS) is 12.2. The Morgan fingerprint density at radius 2 is 1.85 bits per heavy atom. The molecule has 0 bridgehead atoms. The maximum absolute atomic E-state index is 12.1. The first-order valence-corrected chi connectivity index (χ1v) is 7.69. The molecule has 0 fully saturated rings. The zero-order valence-corrected chi connectivity index (χ0v) is 11.9. The maximum Gasteiger partial charge on any atom is 0.390 e. The van der Waals surface area contributed by atoms with Crippen LogP contribution in [0.3, 0.4) is 0 Å². The van der Waals surface area contributed by atoms with Crippen LogP contribution in [-0.4, -0.2) is 39.0 Å². The summed E-state index contributed by atoms with van der Waals surface area (Å²) in [6.45, 7) is -0.570. The van der Waals surface area contributed by atoms with Gasteiger partial charge in [0, 0.05) is 24.3 Å². The summed E-state index contributed by atoms with van der Waals surface area (Å²) in [6, 6.07) is 5.08. The predicted molar refractivity (Wildman–Crippen MR) is 67.1 cm³/mol. The molecule has 1 amide bonds. The van der Waals surface area contributed by atoms with Crippen LogP contribution in [0.1, 0.15) is 16.8 Å². The third kappa shape index (κ3) is 4.68. The van der Waals surface area contributed by atoms with E-state index in [0.29, 0.717) is 0 Å². The Labute approximate surface area is 118 Å². The average molecular weight is 330 g/mol. The molecule has 1 rings (SSSR count). The number of rotatable bonds is 4. The lowest BCUT2D eigenvalue weighted by Crippen LogP contribution is -2.31. The smallest absolute Gasteiger partial charge is 0.341 e. The molecule has 0 saturated carbocycles. The van der Waals surface area contributed by atoms with Crippen molar-refractivity contribution in [3.8, 4) is 0 Å². The molecule has 0 spiro atoms. The van der Waals surface area contributed by atoms with Gasteiger partial charge in [-0.3, -0.25) is 4.79 Å². The highest BCUT2D eigenvalue weighted by molar-refractivity contribution is 8.13. The van der Waals surface area contributed by atoms with Crippen molar-refractivity contribution >= 4 is 25.6 Å². The molecule has 0 aliphatic rings. The fourth-order valence-electron chi connectivity index (χ4n) is 1.46. The van der Waals surface area contributed by atoms with Crippen LogP contribution in [0.15, 0.2) is 29.2 Å². The van der Waals surface area contributed by atoms with Crippen molar-refractivity contribution in [3.63, 3.8) is 0 Å². The third-order valence-corrected chi connectivity index (χ3v) is 3.84. The standard InChI is InChI=1S/C11H11ClF3NO3S/c1-16(7-6-11(13,14)15)10(17)8-4-2-3-5-9(8)20(12,18)19/h2-5H,6-7H2,1H3. The van der Waals surface area contributed by atoms with Gasteiger partial charge in [-0.15, -0.1) is 0 Å². The van der Waals surface area contributed by atoms with Gasteiger partial charge in [0.2, 0.25) is 0 Å². The maximum atomic E-state index is 12.1. The number of carbonyl (C=O) groups is 1. The molecular weight excluding hydrogens is 319 g/mol. The fraction of sp³-hybridized carbons (Fsp3) is 0.364. The van der Waals surface area contributed by atoms with Gasteiger partial charge in [-0.1, -0.05) is 12.1 Å². The molecule has 9 heteroatoms. The fourth-order valence-corrected chi connectivity index (χ4v) is 2.52. The van der Waals surface area contributed by atoms with Crippen molar-refractivity contribution in [1.82, 2.24) is 4.90 Å². The van der Waals surface area contributed by atoms with Gasteiger partial charge < -0.3 is 4.90 Å². The molecular formula is C11H11ClF3NO3S. The van der Waals surface area contributed by atoms with E-state index in [1.54, 1.807) is 0 Å². The molecule has 112 valence electrons. The lowest BCUT2D eigenvalue weighted by molar-refractivity contribution is -0.136. The summed E-state index contributed by atoms with van der Waals surface area (Å²) in [7, 11) is 2.19. The first-order valence-electron chi connectivity index (χ1n) is 5.38. The lowest BCUT2D eigenvalue weighted by atomic mass is 10.2. The van der Waals surface area contributed by atoms with Gasteiger partial charge in [-0.2, -0.15) is 13.2 Å². The Kier molecular flexibility index (Phi) is 5.04. The van der Waals surface area contributed by atoms with E-state index in [4.69, 9.17) is 10.7 Å². The van der Waals surface area contributed by atoms with E-state index in [0.717, 1.165) is 18.0 Å². The second-order valence-corrected chi connectivity index (χ2v) is 6.56. The zero-order valence-electron chi connectivity index (χ0n) is 10.3. The summed E-state index contributed by atoms with van der Waals surface area (Å²) in [6.07, 6.45) is -5.57. The van der Waals surface area contributed by atoms with Crippen LogP contribution in [0, 0.1) is 0 Å². The number of hydrogen-bond acceptors (Lipinski definition) is 3. The van der Waals surface area contributed by atoms with E-state index >= 15 is 0 Å². The first-order chi connectivity index (χ1) is 9.02. The Balaban J connectivity index is 2.99. The minimum absolute atomic E-state index is 0.257. The van der Waals surface area contributed by atoms with Crippen LogP contribution in [-0.2, 0) is 9.05 Å². The molecule has 0 aliphatic heterocycles. The minimum atomic E-state index is -4.40. The number of benzene rings is 1. The molecule has 0 aliphatic carbocycles. The van der Waals surface area contributed by atoms with E-state index in [1.165, 1.54) is 18.2 Å². The highest BCUT2D eigenvalue weighted by Gasteiger charge is 2.29. The van der Waals surface area contributed by atoms with E-state index in [9.17, 15) is 26.4 Å². The predicted octanol–water partition coefficient (Wildman–Crippen LogP) is 2.64. The molecule has 0 aromatic heterocycles. The molecule has 1 aromatic rings. The van der Waals surface area contributed by atoms with E-state index in [1.807, 2.05) is 0 Å². The lowest BCUT2D eigenvalue weighted by Gasteiger charge is -2.19. The highest BCUT2D eigenvalue weighted by atomic mass is 35.7. The molecule has 0 saturated heterocycles. The molecule has 0 radical (unpaired) electrons. The summed E-state index contributed by atoms with van der Waals surface area (Å²) >= 11 is 0. The molecule has 20 heavy (non-hydrogen) atoms. The molecule has 4 nitrogen and oxygen atoms in total. The molecule has 0 heterocycles. The topological polar surface area (TPSA) is 54.5 Å². The van der Waals surface area contributed by atoms with Crippen LogP contribution >= 0.6 is 10.7 Å². The number of nitrogens with zero attached hydrogens (tertiary/aromatic N) is 1. The van der Waals surface area contributed by atoms with Gasteiger partial charge in [0.1, 0.15) is 0 Å². The van der Waals surface area contributed by atoms with Crippen LogP contribution < -0.4 is 0 Å². The summed E-state index contributed by atoms with van der Waals surface area (Å²) in [5.41, 5.74) is -0.257. The largest absolute Gasteiger partial charge is 0.390 e. The number of carbonyl (C=O) groups excluding carboxylic acids is 1. The Morgan fingerprint density at radius 3 is 2.35 bits per heavy atom. The summed E-state index contributed by atoms with van der Waals surface area (Å²) in [5.74, 6) is -0.839. The summed E-state index contributed by atoms with van der Waals surface area (Å²) in [5, 5.41) is 0. The molecule has 0 N–H and O–H groups in total. The van der Waals surface area contributed by atoms with Crippen molar-refractivity contribution in [2.24, 2.45) is 0 Å². The first kappa shape index (κ1) is 16.8. The zero-order chi connectivity index (χ0) is 15.6. The Hall–Kier alpha value is -1.28. The van der Waals surface area contributed by atoms with Gasteiger partial charge in [-0.05, 0) is 12.1 Å². The monoisotopic (exact) mass is 329 g/mol.